The molecule has 0 N–H and O–H groups in total. The number of halogens is 4. The van der Waals surface area contributed by atoms with Crippen LogP contribution < -0.4 is 0 Å². The average Bonchev–Trinajstić information content (AvgIpc) is 2.59. The van der Waals surface area contributed by atoms with Crippen LogP contribution in [0, 0.1) is 0 Å². The van der Waals surface area contributed by atoms with Gasteiger partial charge in [-0.1, -0.05) is 20.8 Å². The highest BCUT2D eigenvalue weighted by molar-refractivity contribution is 6.28. The molecular formula is C10H10ClF3N4. The molecule has 0 aliphatic carbocycles. The summed E-state index contributed by atoms with van der Waals surface area (Å²) < 4.78 is 38.8. The van der Waals surface area contributed by atoms with E-state index in [1.54, 1.807) is 0 Å². The van der Waals surface area contributed by atoms with Crippen molar-refractivity contribution >= 4 is 17.2 Å². The van der Waals surface area contributed by atoms with Crippen molar-refractivity contribution < 1.29 is 13.2 Å². The van der Waals surface area contributed by atoms with E-state index in [0.29, 0.717) is 5.82 Å². The van der Waals surface area contributed by atoms with Crippen molar-refractivity contribution in [2.75, 3.05) is 0 Å². The van der Waals surface area contributed by atoms with Gasteiger partial charge in [0.25, 0.3) is 0 Å². The first-order valence-electron chi connectivity index (χ1n) is 5.10. The monoisotopic (exact) mass is 278 g/mol. The lowest BCUT2D eigenvalue weighted by molar-refractivity contribution is -0.141. The molecule has 2 rings (SSSR count). The minimum atomic E-state index is -4.56. The number of fused-ring (bicyclic) bond motifs is 1. The molecule has 8 heteroatoms. The van der Waals surface area contributed by atoms with Gasteiger partial charge in [0.2, 0.25) is 5.28 Å². The standard InChI is InChI=1S/C10H10ClF3N4/c1-9(2,3)7-16-6-4-5(10(12,13)14)15-8(11)18(6)17-7/h4H,1-3H3. The van der Waals surface area contributed by atoms with Gasteiger partial charge in [0, 0.05) is 11.5 Å². The van der Waals surface area contributed by atoms with Gasteiger partial charge in [-0.15, -0.1) is 5.10 Å². The summed E-state index contributed by atoms with van der Waals surface area (Å²) in [6.07, 6.45) is -4.56. The number of nitrogens with zero attached hydrogens (tertiary/aromatic N) is 4. The molecule has 0 saturated carbocycles. The SMILES string of the molecule is CC(C)(C)c1nc2cc(C(F)(F)F)nc(Cl)n2n1. The Kier molecular flexibility index (Phi) is 2.77. The Morgan fingerprint density at radius 3 is 2.28 bits per heavy atom. The minimum absolute atomic E-state index is 0.0345. The Labute approximate surface area is 106 Å². The minimum Gasteiger partial charge on any atom is -0.213 e. The first-order chi connectivity index (χ1) is 8.09. The molecule has 0 saturated heterocycles. The van der Waals surface area contributed by atoms with Gasteiger partial charge in [-0.3, -0.25) is 0 Å². The molecule has 0 fully saturated rings. The zero-order valence-electron chi connectivity index (χ0n) is 9.88. The summed E-state index contributed by atoms with van der Waals surface area (Å²) in [5, 5.41) is 3.69. The molecule has 2 aromatic heterocycles. The maximum Gasteiger partial charge on any atom is 0.433 e. The molecule has 2 heterocycles. The zero-order chi connectivity index (χ0) is 13.7. The lowest BCUT2D eigenvalue weighted by Gasteiger charge is -2.11. The predicted octanol–water partition coefficient (Wildman–Crippen LogP) is 3.09. The van der Waals surface area contributed by atoms with Crippen LogP contribution in [0.2, 0.25) is 5.28 Å². The van der Waals surface area contributed by atoms with Gasteiger partial charge < -0.3 is 0 Å². The van der Waals surface area contributed by atoms with Gasteiger partial charge in [-0.05, 0) is 11.6 Å². The molecule has 0 aliphatic heterocycles. The summed E-state index contributed by atoms with van der Waals surface area (Å²) in [5.41, 5.74) is -1.42. The molecule has 0 unspecified atom stereocenters. The largest absolute Gasteiger partial charge is 0.433 e. The van der Waals surface area contributed by atoms with E-state index in [1.165, 1.54) is 0 Å². The van der Waals surface area contributed by atoms with E-state index in [2.05, 4.69) is 15.1 Å². The normalized spacial score (nSPS) is 13.3. The van der Waals surface area contributed by atoms with Crippen LogP contribution in [-0.4, -0.2) is 19.6 Å². The van der Waals surface area contributed by atoms with Crippen molar-refractivity contribution in [3.05, 3.63) is 22.9 Å². The Bertz CT molecular complexity index is 597. The smallest absolute Gasteiger partial charge is 0.213 e. The number of hydrogen-bond donors (Lipinski definition) is 0. The molecule has 0 aliphatic rings. The summed E-state index contributed by atoms with van der Waals surface area (Å²) in [6.45, 7) is 5.56. The highest BCUT2D eigenvalue weighted by atomic mass is 35.5. The van der Waals surface area contributed by atoms with E-state index in [-0.39, 0.29) is 16.3 Å². The molecule has 0 spiro atoms. The van der Waals surface area contributed by atoms with Crippen molar-refractivity contribution in [2.24, 2.45) is 0 Å². The van der Waals surface area contributed by atoms with Crippen molar-refractivity contribution in [3.63, 3.8) is 0 Å². The summed E-state index contributed by atoms with van der Waals surface area (Å²) in [4.78, 5) is 7.32. The molecule has 0 radical (unpaired) electrons. The van der Waals surface area contributed by atoms with E-state index in [1.807, 2.05) is 20.8 Å². The molecule has 0 bridgehead atoms. The van der Waals surface area contributed by atoms with E-state index >= 15 is 0 Å². The highest BCUT2D eigenvalue weighted by Crippen LogP contribution is 2.30. The van der Waals surface area contributed by atoms with E-state index in [4.69, 9.17) is 11.6 Å². The predicted molar refractivity (Wildman–Crippen MR) is 59.5 cm³/mol. The molecule has 2 aromatic rings. The fourth-order valence-electron chi connectivity index (χ4n) is 1.32. The third-order valence-corrected chi connectivity index (χ3v) is 2.49. The first kappa shape index (κ1) is 13.1. The molecule has 4 nitrogen and oxygen atoms in total. The van der Waals surface area contributed by atoms with Gasteiger partial charge >= 0.3 is 6.18 Å². The summed E-state index contributed by atoms with van der Waals surface area (Å²) in [5.74, 6) is 0.408. The lowest BCUT2D eigenvalue weighted by Crippen LogP contribution is -2.13. The Morgan fingerprint density at radius 2 is 1.78 bits per heavy atom. The lowest BCUT2D eigenvalue weighted by atomic mass is 9.96. The van der Waals surface area contributed by atoms with Crippen LogP contribution in [-0.2, 0) is 11.6 Å². The molecule has 18 heavy (non-hydrogen) atoms. The third kappa shape index (κ3) is 2.27. The Hall–Kier alpha value is -1.37. The summed E-state index contributed by atoms with van der Waals surface area (Å²) in [7, 11) is 0. The summed E-state index contributed by atoms with van der Waals surface area (Å²) in [6, 6.07) is 0.827. The van der Waals surface area contributed by atoms with E-state index in [9.17, 15) is 13.2 Å². The fraction of sp³-hybridized carbons (Fsp3) is 0.500. The van der Waals surface area contributed by atoms with Gasteiger partial charge in [0.05, 0.1) is 0 Å². The topological polar surface area (TPSA) is 43.1 Å². The second-order valence-corrected chi connectivity index (χ2v) is 5.20. The molecule has 0 amide bonds. The Morgan fingerprint density at radius 1 is 1.17 bits per heavy atom. The molecule has 0 atom stereocenters. The number of hydrogen-bond acceptors (Lipinski definition) is 3. The van der Waals surface area contributed by atoms with Crippen molar-refractivity contribution in [3.8, 4) is 0 Å². The van der Waals surface area contributed by atoms with E-state index in [0.717, 1.165) is 10.6 Å². The second-order valence-electron chi connectivity index (χ2n) is 4.86. The van der Waals surface area contributed by atoms with Crippen LogP contribution in [0.15, 0.2) is 6.07 Å². The van der Waals surface area contributed by atoms with E-state index < -0.39 is 11.9 Å². The molecule has 0 aromatic carbocycles. The zero-order valence-corrected chi connectivity index (χ0v) is 10.6. The van der Waals surface area contributed by atoms with Crippen molar-refractivity contribution in [2.45, 2.75) is 32.4 Å². The van der Waals surface area contributed by atoms with Crippen molar-refractivity contribution in [1.29, 1.82) is 0 Å². The second kappa shape index (κ2) is 3.81. The summed E-state index contributed by atoms with van der Waals surface area (Å²) >= 11 is 5.68. The van der Waals surface area contributed by atoms with Crippen molar-refractivity contribution in [1.82, 2.24) is 19.6 Å². The quantitative estimate of drug-likeness (QED) is 0.696. The maximum absolute atomic E-state index is 12.6. The average molecular weight is 279 g/mol. The van der Waals surface area contributed by atoms with Gasteiger partial charge in [-0.25, -0.2) is 9.97 Å². The Balaban J connectivity index is 2.67. The molecular weight excluding hydrogens is 269 g/mol. The van der Waals surface area contributed by atoms with Gasteiger partial charge in [-0.2, -0.15) is 17.7 Å². The van der Waals surface area contributed by atoms with Crippen LogP contribution in [0.25, 0.3) is 5.65 Å². The maximum atomic E-state index is 12.6. The highest BCUT2D eigenvalue weighted by Gasteiger charge is 2.34. The van der Waals surface area contributed by atoms with Crippen LogP contribution in [0.4, 0.5) is 13.2 Å². The van der Waals surface area contributed by atoms with Crippen LogP contribution >= 0.6 is 11.6 Å². The van der Waals surface area contributed by atoms with Gasteiger partial charge in [0.1, 0.15) is 0 Å². The number of alkyl halides is 3. The number of rotatable bonds is 0. The first-order valence-corrected chi connectivity index (χ1v) is 5.48. The van der Waals surface area contributed by atoms with Crippen LogP contribution in [0.3, 0.4) is 0 Å². The van der Waals surface area contributed by atoms with Crippen LogP contribution in [0.5, 0.6) is 0 Å². The fourth-order valence-corrected chi connectivity index (χ4v) is 1.53. The third-order valence-electron chi connectivity index (χ3n) is 2.25. The van der Waals surface area contributed by atoms with Gasteiger partial charge in [0.15, 0.2) is 17.2 Å². The number of aromatic nitrogens is 4. The molecule has 98 valence electrons. The van der Waals surface area contributed by atoms with Crippen LogP contribution in [0.1, 0.15) is 32.3 Å².